The van der Waals surface area contributed by atoms with Crippen molar-refractivity contribution in [1.29, 1.82) is 0 Å². The third-order valence-electron chi connectivity index (χ3n) is 15.7. The average Bonchev–Trinajstić information content (AvgIpc) is 3.52. The molecule has 2 nitrogen and oxygen atoms in total. The fourth-order valence-corrected chi connectivity index (χ4v) is 11.6. The van der Waals surface area contributed by atoms with Gasteiger partial charge in [-0.05, 0) is 206 Å². The maximum absolute atomic E-state index is 2.53. The zero-order chi connectivity index (χ0) is 51.7. The van der Waals surface area contributed by atoms with Crippen LogP contribution in [0.25, 0.3) is 86.9 Å². The predicted octanol–water partition coefficient (Wildman–Crippen LogP) is 21.5. The van der Waals surface area contributed by atoms with Crippen LogP contribution in [0.3, 0.4) is 0 Å². The Bertz CT molecular complexity index is 4020. The molecular weight excluding hydrogens is 917 g/mol. The second-order valence-corrected chi connectivity index (χ2v) is 22.6. The summed E-state index contributed by atoms with van der Waals surface area (Å²) in [4.78, 5) is 4.80. The Morgan fingerprint density at radius 1 is 0.197 bits per heavy atom. The van der Waals surface area contributed by atoms with Gasteiger partial charge >= 0.3 is 0 Å². The van der Waals surface area contributed by atoms with Crippen molar-refractivity contribution in [3.8, 4) is 22.3 Å². The van der Waals surface area contributed by atoms with E-state index in [-0.39, 0.29) is 10.8 Å². The summed E-state index contributed by atoms with van der Waals surface area (Å²) in [7, 11) is 0. The summed E-state index contributed by atoms with van der Waals surface area (Å²) >= 11 is 0. The highest BCUT2D eigenvalue weighted by Crippen LogP contribution is 2.47. The minimum absolute atomic E-state index is 0.0423. The molecule has 0 heterocycles. The van der Waals surface area contributed by atoms with Crippen molar-refractivity contribution < 1.29 is 0 Å². The number of anilines is 6. The van der Waals surface area contributed by atoms with E-state index in [0.717, 1.165) is 34.1 Å². The summed E-state index contributed by atoms with van der Waals surface area (Å²) in [6.07, 6.45) is 0. The molecule has 13 aromatic carbocycles. The molecule has 0 atom stereocenters. The fourth-order valence-electron chi connectivity index (χ4n) is 11.6. The summed E-state index contributed by atoms with van der Waals surface area (Å²) in [6.45, 7) is 14.0. The lowest BCUT2D eigenvalue weighted by Gasteiger charge is -2.27. The third kappa shape index (κ3) is 8.32. The molecule has 0 saturated carbocycles. The molecule has 0 amide bonds. The van der Waals surface area contributed by atoms with E-state index in [1.165, 1.54) is 98.0 Å². The van der Waals surface area contributed by atoms with E-state index in [9.17, 15) is 0 Å². The Labute approximate surface area is 446 Å². The topological polar surface area (TPSA) is 6.48 Å². The van der Waals surface area contributed by atoms with Crippen molar-refractivity contribution in [2.45, 2.75) is 52.4 Å². The predicted molar refractivity (Wildman–Crippen MR) is 329 cm³/mol. The molecule has 0 aliphatic heterocycles. The first-order chi connectivity index (χ1) is 36.9. The molecule has 0 spiro atoms. The number of nitrogens with zero attached hydrogens (tertiary/aromatic N) is 2. The molecule has 2 heteroatoms. The quantitative estimate of drug-likeness (QED) is 0.111. The molecule has 0 N–H and O–H groups in total. The second kappa shape index (κ2) is 18.4. The molecule has 13 rings (SSSR count). The number of para-hydroxylation sites is 2. The van der Waals surface area contributed by atoms with Crippen LogP contribution in [0.4, 0.5) is 34.1 Å². The summed E-state index contributed by atoms with van der Waals surface area (Å²) in [5.41, 5.74) is 14.1. The summed E-state index contributed by atoms with van der Waals surface area (Å²) in [5.74, 6) is 0. The molecule has 0 unspecified atom stereocenters. The van der Waals surface area contributed by atoms with Crippen molar-refractivity contribution in [2.24, 2.45) is 0 Å². The van der Waals surface area contributed by atoms with E-state index in [2.05, 4.69) is 306 Å². The van der Waals surface area contributed by atoms with Gasteiger partial charge in [0.2, 0.25) is 0 Å². The van der Waals surface area contributed by atoms with Gasteiger partial charge in [-0.1, -0.05) is 199 Å². The second-order valence-electron chi connectivity index (χ2n) is 22.6. The van der Waals surface area contributed by atoms with Crippen LogP contribution in [0.15, 0.2) is 255 Å². The van der Waals surface area contributed by atoms with Crippen LogP contribution in [0.1, 0.15) is 52.7 Å². The number of rotatable bonds is 8. The van der Waals surface area contributed by atoms with Crippen LogP contribution >= 0.6 is 0 Å². The van der Waals surface area contributed by atoms with Gasteiger partial charge in [0.25, 0.3) is 0 Å². The molecule has 0 saturated heterocycles. The van der Waals surface area contributed by atoms with E-state index in [1.807, 2.05) is 0 Å². The van der Waals surface area contributed by atoms with Crippen LogP contribution in [0.5, 0.6) is 0 Å². The molecule has 0 aliphatic carbocycles. The molecule has 0 aromatic heterocycles. The Hall–Kier alpha value is -8.98. The number of hydrogen-bond acceptors (Lipinski definition) is 2. The van der Waals surface area contributed by atoms with Crippen LogP contribution in [0, 0.1) is 0 Å². The number of hydrogen-bond donors (Lipinski definition) is 0. The molecule has 76 heavy (non-hydrogen) atoms. The smallest absolute Gasteiger partial charge is 0.0468 e. The molecular formula is C74H60N2. The van der Waals surface area contributed by atoms with E-state index in [1.54, 1.807) is 0 Å². The van der Waals surface area contributed by atoms with Gasteiger partial charge in [0.1, 0.15) is 0 Å². The summed E-state index contributed by atoms with van der Waals surface area (Å²) in [6, 6.07) is 94.6. The van der Waals surface area contributed by atoms with Crippen LogP contribution < -0.4 is 9.80 Å². The Morgan fingerprint density at radius 3 is 0.789 bits per heavy atom. The normalized spacial score (nSPS) is 12.1. The lowest BCUT2D eigenvalue weighted by Crippen LogP contribution is -2.11. The third-order valence-corrected chi connectivity index (χ3v) is 15.7. The van der Waals surface area contributed by atoms with Gasteiger partial charge < -0.3 is 9.80 Å². The minimum atomic E-state index is -0.0423. The Morgan fingerprint density at radius 2 is 0.447 bits per heavy atom. The average molecular weight is 977 g/mol. The lowest BCUT2D eigenvalue weighted by molar-refractivity contribution is 0.591. The molecule has 0 fully saturated rings. The zero-order valence-electron chi connectivity index (χ0n) is 44.1. The lowest BCUT2D eigenvalue weighted by atomic mass is 9.82. The van der Waals surface area contributed by atoms with Crippen molar-refractivity contribution in [3.05, 3.63) is 266 Å². The Balaban J connectivity index is 1.05. The Kier molecular flexibility index (Phi) is 11.4. The first kappa shape index (κ1) is 46.8. The van der Waals surface area contributed by atoms with Crippen LogP contribution in [-0.2, 0) is 10.8 Å². The van der Waals surface area contributed by atoms with Crippen molar-refractivity contribution in [2.75, 3.05) is 9.80 Å². The van der Waals surface area contributed by atoms with Gasteiger partial charge in [-0.15, -0.1) is 0 Å². The van der Waals surface area contributed by atoms with Crippen molar-refractivity contribution >= 4 is 98.8 Å². The number of benzene rings is 13. The van der Waals surface area contributed by atoms with Gasteiger partial charge in [0.05, 0.1) is 0 Å². The monoisotopic (exact) mass is 976 g/mol. The molecule has 0 bridgehead atoms. The summed E-state index contributed by atoms with van der Waals surface area (Å²) in [5, 5.41) is 15.1. The maximum Gasteiger partial charge on any atom is 0.0468 e. The highest BCUT2D eigenvalue weighted by molar-refractivity contribution is 6.33. The van der Waals surface area contributed by atoms with Gasteiger partial charge in [-0.25, -0.2) is 0 Å². The first-order valence-electron chi connectivity index (χ1n) is 26.7. The molecule has 13 aromatic rings. The van der Waals surface area contributed by atoms with Crippen molar-refractivity contribution in [3.63, 3.8) is 0 Å². The molecule has 0 aliphatic rings. The van der Waals surface area contributed by atoms with E-state index < -0.39 is 0 Å². The highest BCUT2D eigenvalue weighted by atomic mass is 15.1. The van der Waals surface area contributed by atoms with E-state index in [0.29, 0.717) is 0 Å². The SMILES string of the molecule is CC(C)(C)c1ccc2c3cc(N(c4ccccc4)c4ccc(-c5ccccc5)cc4)ccc3c3cc4c5cc(C(C)(C)C)ccc5c5cc(N(c6ccccc6)c6ccc(-c7ccccc7)cc6)ccc5c4cc3c2c1. The summed E-state index contributed by atoms with van der Waals surface area (Å²) < 4.78 is 0. The van der Waals surface area contributed by atoms with Crippen LogP contribution in [0.2, 0.25) is 0 Å². The van der Waals surface area contributed by atoms with Gasteiger partial charge in [0.15, 0.2) is 0 Å². The minimum Gasteiger partial charge on any atom is -0.310 e. The maximum atomic E-state index is 2.53. The standard InChI is InChI=1S/C74H60N2/c1-73(2,3)53-31-39-61-65(43-53)71-47-70-64-42-38-60(76(56-25-17-10-18-26-56)58-35-29-52(30-36-58)50-21-13-8-14-22-50)46-68(64)62-40-32-54(74(4,5)6)44-66(62)72(70)48-69(71)63-41-37-59(45-67(61)63)75(55-23-15-9-16-24-55)57-33-27-51(28-34-57)49-19-11-7-12-20-49/h7-48H,1-6H3. The highest BCUT2D eigenvalue weighted by Gasteiger charge is 2.23. The largest absolute Gasteiger partial charge is 0.310 e. The zero-order valence-corrected chi connectivity index (χ0v) is 44.1. The van der Waals surface area contributed by atoms with E-state index >= 15 is 0 Å². The van der Waals surface area contributed by atoms with E-state index in [4.69, 9.17) is 0 Å². The van der Waals surface area contributed by atoms with Gasteiger partial charge in [0, 0.05) is 34.1 Å². The molecule has 0 radical (unpaired) electrons. The van der Waals surface area contributed by atoms with Gasteiger partial charge in [-0.2, -0.15) is 0 Å². The first-order valence-corrected chi connectivity index (χ1v) is 26.7. The van der Waals surface area contributed by atoms with Crippen molar-refractivity contribution in [1.82, 2.24) is 0 Å². The van der Waals surface area contributed by atoms with Crippen LogP contribution in [-0.4, -0.2) is 0 Å². The fraction of sp³-hybridized carbons (Fsp3) is 0.108. The molecule has 366 valence electrons. The van der Waals surface area contributed by atoms with Gasteiger partial charge in [-0.3, -0.25) is 0 Å². The number of fused-ring (bicyclic) bond motifs is 12.